The van der Waals surface area contributed by atoms with Gasteiger partial charge in [0.15, 0.2) is 0 Å². The molecule has 1 aliphatic heterocycles. The average Bonchev–Trinajstić information content (AvgIpc) is 3.18. The number of benzene rings is 1. The van der Waals surface area contributed by atoms with E-state index in [2.05, 4.69) is 11.1 Å². The molecule has 0 amide bonds. The summed E-state index contributed by atoms with van der Waals surface area (Å²) in [5.74, 6) is 0.337. The molecule has 1 aromatic heterocycles. The summed E-state index contributed by atoms with van der Waals surface area (Å²) >= 11 is 0. The Bertz CT molecular complexity index is 620. The minimum atomic E-state index is -0.0874. The molecule has 0 bridgehead atoms. The van der Waals surface area contributed by atoms with E-state index in [1.54, 1.807) is 24.7 Å². The van der Waals surface area contributed by atoms with Gasteiger partial charge in [0.1, 0.15) is 0 Å². The van der Waals surface area contributed by atoms with Gasteiger partial charge < -0.3 is 15.0 Å². The highest BCUT2D eigenvalue weighted by Crippen LogP contribution is 2.28. The maximum Gasteiger partial charge on any atom is 0.0994 e. The second-order valence-electron chi connectivity index (χ2n) is 5.00. The van der Waals surface area contributed by atoms with E-state index < -0.39 is 0 Å². The molecule has 2 unspecified atom stereocenters. The van der Waals surface area contributed by atoms with Gasteiger partial charge in [-0.2, -0.15) is 5.26 Å². The quantitative estimate of drug-likeness (QED) is 0.920. The molecule has 3 rings (SSSR count). The van der Waals surface area contributed by atoms with Crippen LogP contribution in [0.25, 0.3) is 5.69 Å². The lowest BCUT2D eigenvalue weighted by Gasteiger charge is -2.19. The topological polar surface area (TPSA) is 76.9 Å². The number of hydrogen-bond acceptors (Lipinski definition) is 4. The number of nitrogens with two attached hydrogens (primary N) is 1. The summed E-state index contributed by atoms with van der Waals surface area (Å²) in [7, 11) is 0. The van der Waals surface area contributed by atoms with Gasteiger partial charge in [-0.15, -0.1) is 0 Å². The summed E-state index contributed by atoms with van der Waals surface area (Å²) in [6, 6.07) is 9.43. The minimum absolute atomic E-state index is 0.0874. The van der Waals surface area contributed by atoms with Crippen LogP contribution < -0.4 is 5.73 Å². The van der Waals surface area contributed by atoms with E-state index in [0.717, 1.165) is 24.4 Å². The van der Waals surface area contributed by atoms with E-state index in [9.17, 15) is 0 Å². The van der Waals surface area contributed by atoms with Crippen LogP contribution in [0.3, 0.4) is 0 Å². The maximum absolute atomic E-state index is 8.84. The van der Waals surface area contributed by atoms with E-state index in [4.69, 9.17) is 15.7 Å². The van der Waals surface area contributed by atoms with Gasteiger partial charge >= 0.3 is 0 Å². The largest absolute Gasteiger partial charge is 0.381 e. The van der Waals surface area contributed by atoms with E-state index in [0.29, 0.717) is 18.1 Å². The van der Waals surface area contributed by atoms with Crippen LogP contribution in [0.2, 0.25) is 0 Å². The fourth-order valence-electron chi connectivity index (χ4n) is 2.54. The van der Waals surface area contributed by atoms with Crippen molar-refractivity contribution >= 4 is 0 Å². The van der Waals surface area contributed by atoms with E-state index in [1.165, 1.54) is 0 Å². The van der Waals surface area contributed by atoms with Crippen molar-refractivity contribution in [3.05, 3.63) is 48.0 Å². The Morgan fingerprint density at radius 3 is 2.85 bits per heavy atom. The zero-order chi connectivity index (χ0) is 13.9. The van der Waals surface area contributed by atoms with E-state index in [-0.39, 0.29) is 6.04 Å². The molecule has 5 heteroatoms. The SMILES string of the molecule is N#Cc1ccc(-n2cncc2C(N)C2CCOC2)cc1. The Labute approximate surface area is 117 Å². The molecular weight excluding hydrogens is 252 g/mol. The van der Waals surface area contributed by atoms with Gasteiger partial charge in [0, 0.05) is 18.2 Å². The number of nitrogens with zero attached hydrogens (tertiary/aromatic N) is 3. The molecule has 2 heterocycles. The lowest BCUT2D eigenvalue weighted by molar-refractivity contribution is 0.180. The van der Waals surface area contributed by atoms with Gasteiger partial charge in [-0.1, -0.05) is 0 Å². The number of nitriles is 1. The second kappa shape index (κ2) is 5.45. The number of ether oxygens (including phenoxy) is 1. The monoisotopic (exact) mass is 268 g/mol. The van der Waals surface area contributed by atoms with Crippen LogP contribution in [0.15, 0.2) is 36.8 Å². The molecule has 2 aromatic rings. The zero-order valence-electron chi connectivity index (χ0n) is 11.1. The van der Waals surface area contributed by atoms with E-state index >= 15 is 0 Å². The average molecular weight is 268 g/mol. The van der Waals surface area contributed by atoms with Gasteiger partial charge in [-0.25, -0.2) is 4.98 Å². The Morgan fingerprint density at radius 1 is 1.40 bits per heavy atom. The molecule has 1 aromatic carbocycles. The highest BCUT2D eigenvalue weighted by Gasteiger charge is 2.26. The van der Waals surface area contributed by atoms with Crippen molar-refractivity contribution in [3.8, 4) is 11.8 Å². The molecule has 5 nitrogen and oxygen atoms in total. The number of rotatable bonds is 3. The highest BCUT2D eigenvalue weighted by molar-refractivity contribution is 5.40. The Kier molecular flexibility index (Phi) is 3.50. The smallest absolute Gasteiger partial charge is 0.0994 e. The third-order valence-corrected chi connectivity index (χ3v) is 3.76. The molecular formula is C15H16N4O. The second-order valence-corrected chi connectivity index (χ2v) is 5.00. The van der Waals surface area contributed by atoms with Gasteiger partial charge in [-0.05, 0) is 30.7 Å². The summed E-state index contributed by atoms with van der Waals surface area (Å²) in [5, 5.41) is 8.84. The van der Waals surface area contributed by atoms with Gasteiger partial charge in [0.05, 0.1) is 42.5 Å². The van der Waals surface area contributed by atoms with Crippen molar-refractivity contribution in [2.75, 3.05) is 13.2 Å². The van der Waals surface area contributed by atoms with Crippen LogP contribution >= 0.6 is 0 Å². The molecule has 0 radical (unpaired) electrons. The van der Waals surface area contributed by atoms with Gasteiger partial charge in [-0.3, -0.25) is 0 Å². The van der Waals surface area contributed by atoms with Crippen molar-refractivity contribution in [1.82, 2.24) is 9.55 Å². The number of hydrogen-bond donors (Lipinski definition) is 1. The molecule has 0 spiro atoms. The zero-order valence-corrected chi connectivity index (χ0v) is 11.1. The van der Waals surface area contributed by atoms with Gasteiger partial charge in [0.2, 0.25) is 0 Å². The van der Waals surface area contributed by atoms with Crippen molar-refractivity contribution in [3.63, 3.8) is 0 Å². The molecule has 0 saturated carbocycles. The normalized spacial score (nSPS) is 19.7. The predicted molar refractivity (Wildman–Crippen MR) is 74.1 cm³/mol. The number of aromatic nitrogens is 2. The molecule has 0 aliphatic carbocycles. The Balaban J connectivity index is 1.90. The molecule has 2 atom stereocenters. The summed E-state index contributed by atoms with van der Waals surface area (Å²) in [6.45, 7) is 1.49. The Hall–Kier alpha value is -2.16. The van der Waals surface area contributed by atoms with Crippen LogP contribution in [0.4, 0.5) is 0 Å². The lowest BCUT2D eigenvalue weighted by Crippen LogP contribution is -2.24. The first kappa shape index (κ1) is 12.9. The predicted octanol–water partition coefficient (Wildman–Crippen LogP) is 1.78. The first-order valence-electron chi connectivity index (χ1n) is 6.65. The fourth-order valence-corrected chi connectivity index (χ4v) is 2.54. The standard InChI is InChI=1S/C15H16N4O/c16-7-11-1-3-13(4-2-11)19-10-18-8-14(19)15(17)12-5-6-20-9-12/h1-4,8,10,12,15H,5-6,9,17H2. The third-order valence-electron chi connectivity index (χ3n) is 3.76. The summed E-state index contributed by atoms with van der Waals surface area (Å²) < 4.78 is 7.38. The third kappa shape index (κ3) is 2.31. The Morgan fingerprint density at radius 2 is 2.20 bits per heavy atom. The van der Waals surface area contributed by atoms with E-state index in [1.807, 2.05) is 16.7 Å². The first-order chi connectivity index (χ1) is 9.79. The van der Waals surface area contributed by atoms with Crippen LogP contribution in [-0.2, 0) is 4.74 Å². The summed E-state index contributed by atoms with van der Waals surface area (Å²) in [6.07, 6.45) is 4.55. The lowest BCUT2D eigenvalue weighted by atomic mass is 9.97. The van der Waals surface area contributed by atoms with Crippen molar-refractivity contribution < 1.29 is 4.74 Å². The first-order valence-corrected chi connectivity index (χ1v) is 6.65. The minimum Gasteiger partial charge on any atom is -0.381 e. The van der Waals surface area contributed by atoms with Crippen molar-refractivity contribution in [2.45, 2.75) is 12.5 Å². The summed E-state index contributed by atoms with van der Waals surface area (Å²) in [5.41, 5.74) is 8.93. The van der Waals surface area contributed by atoms with Crippen LogP contribution in [0.5, 0.6) is 0 Å². The molecule has 102 valence electrons. The van der Waals surface area contributed by atoms with Crippen LogP contribution in [0, 0.1) is 17.2 Å². The molecule has 1 fully saturated rings. The van der Waals surface area contributed by atoms with Crippen molar-refractivity contribution in [2.24, 2.45) is 11.7 Å². The van der Waals surface area contributed by atoms with Crippen molar-refractivity contribution in [1.29, 1.82) is 5.26 Å². The van der Waals surface area contributed by atoms with Gasteiger partial charge in [0.25, 0.3) is 0 Å². The molecule has 20 heavy (non-hydrogen) atoms. The molecule has 1 saturated heterocycles. The molecule has 1 aliphatic rings. The van der Waals surface area contributed by atoms with Crippen LogP contribution in [-0.4, -0.2) is 22.8 Å². The summed E-state index contributed by atoms with van der Waals surface area (Å²) in [4.78, 5) is 4.21. The number of imidazole rings is 1. The fraction of sp³-hybridized carbons (Fsp3) is 0.333. The highest BCUT2D eigenvalue weighted by atomic mass is 16.5. The maximum atomic E-state index is 8.84. The van der Waals surface area contributed by atoms with Crippen LogP contribution in [0.1, 0.15) is 23.7 Å². The molecule has 2 N–H and O–H groups in total.